The third-order valence-electron chi connectivity index (χ3n) is 5.46. The number of hydrogen-bond acceptors (Lipinski definition) is 2. The van der Waals surface area contributed by atoms with Gasteiger partial charge in [0.2, 0.25) is 0 Å². The Labute approximate surface area is 201 Å². The van der Waals surface area contributed by atoms with Crippen LogP contribution in [0.25, 0.3) is 22.6 Å². The van der Waals surface area contributed by atoms with Gasteiger partial charge in [-0.25, -0.2) is 9.18 Å². The van der Waals surface area contributed by atoms with Gasteiger partial charge in [-0.2, -0.15) is 18.4 Å². The third-order valence-corrected chi connectivity index (χ3v) is 5.69. The van der Waals surface area contributed by atoms with Gasteiger partial charge in [-0.05, 0) is 53.6 Å². The molecular formula is C26H15ClF4N2O2. The highest BCUT2D eigenvalue weighted by molar-refractivity contribution is 6.31. The predicted octanol–water partition coefficient (Wildman–Crippen LogP) is 7.26. The van der Waals surface area contributed by atoms with Crippen LogP contribution in [-0.4, -0.2) is 15.6 Å². The van der Waals surface area contributed by atoms with Crippen LogP contribution in [0.15, 0.2) is 66.9 Å². The Morgan fingerprint density at radius 1 is 1.06 bits per heavy atom. The Bertz CT molecular complexity index is 1510. The highest BCUT2D eigenvalue weighted by atomic mass is 35.5. The highest BCUT2D eigenvalue weighted by Gasteiger charge is 2.33. The fraction of sp³-hybridized carbons (Fsp3) is 0.0769. The zero-order valence-electron chi connectivity index (χ0n) is 17.8. The number of alkyl halides is 3. The van der Waals surface area contributed by atoms with Crippen molar-refractivity contribution in [1.82, 2.24) is 4.57 Å². The van der Waals surface area contributed by atoms with E-state index in [4.69, 9.17) is 16.7 Å². The van der Waals surface area contributed by atoms with E-state index in [2.05, 4.69) is 6.07 Å². The molecule has 4 nitrogen and oxygen atoms in total. The normalized spacial score (nSPS) is 12.1. The Morgan fingerprint density at radius 3 is 2.37 bits per heavy atom. The van der Waals surface area contributed by atoms with E-state index in [0.717, 1.165) is 12.1 Å². The fourth-order valence-corrected chi connectivity index (χ4v) is 3.97. The third kappa shape index (κ3) is 5.05. The van der Waals surface area contributed by atoms with Gasteiger partial charge in [-0.15, -0.1) is 0 Å². The number of nitriles is 1. The number of halogens is 5. The van der Waals surface area contributed by atoms with Gasteiger partial charge >= 0.3 is 12.1 Å². The van der Waals surface area contributed by atoms with Crippen LogP contribution >= 0.6 is 11.6 Å². The van der Waals surface area contributed by atoms with E-state index in [1.54, 1.807) is 35.0 Å². The van der Waals surface area contributed by atoms with E-state index in [1.807, 2.05) is 0 Å². The minimum absolute atomic E-state index is 0.0667. The second-order valence-corrected chi connectivity index (χ2v) is 8.16. The molecule has 0 aliphatic heterocycles. The lowest BCUT2D eigenvalue weighted by Crippen LogP contribution is -2.12. The van der Waals surface area contributed by atoms with Crippen molar-refractivity contribution in [2.75, 3.05) is 0 Å². The lowest BCUT2D eigenvalue weighted by atomic mass is 10.0. The maximum absolute atomic E-state index is 13.5. The lowest BCUT2D eigenvalue weighted by molar-refractivity contribution is -0.138. The van der Waals surface area contributed by atoms with Crippen molar-refractivity contribution in [2.45, 2.75) is 12.7 Å². The van der Waals surface area contributed by atoms with Gasteiger partial charge < -0.3 is 9.67 Å². The minimum Gasteiger partial charge on any atom is -0.478 e. The maximum Gasteiger partial charge on any atom is 0.416 e. The summed E-state index contributed by atoms with van der Waals surface area (Å²) in [6, 6.07) is 15.3. The molecule has 1 heterocycles. The molecule has 176 valence electrons. The minimum atomic E-state index is -4.74. The van der Waals surface area contributed by atoms with Gasteiger partial charge in [0.15, 0.2) is 0 Å². The van der Waals surface area contributed by atoms with Crippen LogP contribution in [0, 0.1) is 17.1 Å². The average Bonchev–Trinajstić information content (AvgIpc) is 3.14. The standard InChI is InChI=1S/C26H15ClF4N2O2/c27-20-6-8-22-19(9-18(12-32)15-1-3-16(4-2-15)25(34)35)14-33(24(22)10-20)13-17-5-7-21(28)11-23(17)26(29,30)31/h1-11,14H,13H2,(H,34,35)/b18-9+. The highest BCUT2D eigenvalue weighted by Crippen LogP contribution is 2.34. The Hall–Kier alpha value is -4.09. The van der Waals surface area contributed by atoms with Gasteiger partial charge in [-0.3, -0.25) is 0 Å². The molecule has 1 N–H and O–H groups in total. The quantitative estimate of drug-likeness (QED) is 0.232. The van der Waals surface area contributed by atoms with Crippen molar-refractivity contribution in [3.63, 3.8) is 0 Å². The summed E-state index contributed by atoms with van der Waals surface area (Å²) in [5.41, 5.74) is 0.646. The Kier molecular flexibility index (Phi) is 6.37. The first-order valence-electron chi connectivity index (χ1n) is 10.2. The van der Waals surface area contributed by atoms with E-state index in [-0.39, 0.29) is 23.2 Å². The summed E-state index contributed by atoms with van der Waals surface area (Å²) in [7, 11) is 0. The molecule has 0 atom stereocenters. The molecule has 0 saturated carbocycles. The second-order valence-electron chi connectivity index (χ2n) is 7.73. The number of benzene rings is 3. The van der Waals surface area contributed by atoms with Crippen LogP contribution in [-0.2, 0) is 12.7 Å². The molecule has 9 heteroatoms. The SMILES string of the molecule is N#C/C(=C\c1cn(Cc2ccc(F)cc2C(F)(F)F)c2cc(Cl)ccc12)c1ccc(C(=O)O)cc1. The number of carbonyl (C=O) groups is 1. The number of nitrogens with zero attached hydrogens (tertiary/aromatic N) is 2. The number of carboxylic acid groups (broad SMARTS) is 1. The molecule has 0 spiro atoms. The molecule has 0 bridgehead atoms. The van der Waals surface area contributed by atoms with E-state index in [0.29, 0.717) is 33.1 Å². The van der Waals surface area contributed by atoms with Gasteiger partial charge in [0.05, 0.1) is 28.3 Å². The summed E-state index contributed by atoms with van der Waals surface area (Å²) in [6.07, 6.45) is -1.58. The molecule has 0 amide bonds. The summed E-state index contributed by atoms with van der Waals surface area (Å²) in [5, 5.41) is 19.8. The van der Waals surface area contributed by atoms with Crippen LogP contribution in [0.3, 0.4) is 0 Å². The van der Waals surface area contributed by atoms with Crippen molar-refractivity contribution in [3.8, 4) is 6.07 Å². The second kappa shape index (κ2) is 9.28. The van der Waals surface area contributed by atoms with E-state index in [1.165, 1.54) is 24.3 Å². The molecule has 0 aliphatic rings. The van der Waals surface area contributed by atoms with Crippen molar-refractivity contribution in [3.05, 3.63) is 106 Å². The molecule has 1 aromatic heterocycles. The van der Waals surface area contributed by atoms with E-state index in [9.17, 15) is 27.6 Å². The molecule has 0 aliphatic carbocycles. The molecule has 0 fully saturated rings. The lowest BCUT2D eigenvalue weighted by Gasteiger charge is -2.14. The molecule has 4 rings (SSSR count). The summed E-state index contributed by atoms with van der Waals surface area (Å²) < 4.78 is 55.7. The maximum atomic E-state index is 13.5. The van der Waals surface area contributed by atoms with E-state index >= 15 is 0 Å². The fourth-order valence-electron chi connectivity index (χ4n) is 3.80. The number of carboxylic acids is 1. The predicted molar refractivity (Wildman–Crippen MR) is 124 cm³/mol. The molecule has 0 unspecified atom stereocenters. The van der Waals surface area contributed by atoms with Crippen LogP contribution in [0.2, 0.25) is 5.02 Å². The largest absolute Gasteiger partial charge is 0.478 e. The number of hydrogen-bond donors (Lipinski definition) is 1. The van der Waals surface area contributed by atoms with Gasteiger partial charge in [0, 0.05) is 28.7 Å². The molecule has 3 aromatic carbocycles. The molecule has 0 saturated heterocycles. The number of fused-ring (bicyclic) bond motifs is 1. The zero-order chi connectivity index (χ0) is 25.3. The first-order valence-corrected chi connectivity index (χ1v) is 10.5. The first kappa shape index (κ1) is 24.0. The Balaban J connectivity index is 1.82. The van der Waals surface area contributed by atoms with Crippen molar-refractivity contribution >= 4 is 40.1 Å². The van der Waals surface area contributed by atoms with Gasteiger partial charge in [-0.1, -0.05) is 35.9 Å². The number of aromatic nitrogens is 1. The molecular weight excluding hydrogens is 484 g/mol. The summed E-state index contributed by atoms with van der Waals surface area (Å²) in [4.78, 5) is 11.1. The van der Waals surface area contributed by atoms with Gasteiger partial charge in [0.1, 0.15) is 5.82 Å². The molecule has 35 heavy (non-hydrogen) atoms. The molecule has 0 radical (unpaired) electrons. The van der Waals surface area contributed by atoms with E-state index < -0.39 is 23.5 Å². The smallest absolute Gasteiger partial charge is 0.416 e. The first-order chi connectivity index (χ1) is 16.6. The summed E-state index contributed by atoms with van der Waals surface area (Å²) in [6.45, 7) is -0.213. The van der Waals surface area contributed by atoms with Crippen molar-refractivity contribution < 1.29 is 27.5 Å². The average molecular weight is 499 g/mol. The van der Waals surface area contributed by atoms with Crippen molar-refractivity contribution in [1.29, 1.82) is 5.26 Å². The number of allylic oxidation sites excluding steroid dienone is 1. The monoisotopic (exact) mass is 498 g/mol. The van der Waals surface area contributed by atoms with Gasteiger partial charge in [0.25, 0.3) is 0 Å². The number of aromatic carboxylic acids is 1. The topological polar surface area (TPSA) is 66.0 Å². The van der Waals surface area contributed by atoms with Crippen LogP contribution in [0.4, 0.5) is 17.6 Å². The van der Waals surface area contributed by atoms with Crippen LogP contribution in [0.5, 0.6) is 0 Å². The summed E-state index contributed by atoms with van der Waals surface area (Å²) in [5.74, 6) is -2.09. The number of rotatable bonds is 5. The summed E-state index contributed by atoms with van der Waals surface area (Å²) >= 11 is 6.14. The zero-order valence-corrected chi connectivity index (χ0v) is 18.5. The van der Waals surface area contributed by atoms with Crippen LogP contribution < -0.4 is 0 Å². The Morgan fingerprint density at radius 2 is 1.74 bits per heavy atom. The molecule has 4 aromatic rings. The van der Waals surface area contributed by atoms with Crippen molar-refractivity contribution in [2.24, 2.45) is 0 Å². The van der Waals surface area contributed by atoms with Crippen LogP contribution in [0.1, 0.15) is 32.6 Å².